The average Bonchev–Trinajstić information content (AvgIpc) is 2.90. The van der Waals surface area contributed by atoms with Gasteiger partial charge in [0.05, 0.1) is 16.8 Å². The van der Waals surface area contributed by atoms with Crippen LogP contribution in [0.25, 0.3) is 10.9 Å². The van der Waals surface area contributed by atoms with Gasteiger partial charge in [-0.25, -0.2) is 4.79 Å². The number of carbonyl (C=O) groups is 1. The molecule has 3 aromatic rings. The van der Waals surface area contributed by atoms with E-state index in [0.29, 0.717) is 33.8 Å². The Hall–Kier alpha value is -3.24. The molecular weight excluding hydrogens is 543 g/mol. The second-order valence-corrected chi connectivity index (χ2v) is 10.6. The van der Waals surface area contributed by atoms with Gasteiger partial charge in [0.1, 0.15) is 5.60 Å². The van der Waals surface area contributed by atoms with Crippen molar-refractivity contribution < 1.29 is 22.7 Å². The first-order chi connectivity index (χ1) is 18.9. The molecule has 2 aromatic carbocycles. The number of pyridine rings is 1. The van der Waals surface area contributed by atoms with Gasteiger partial charge >= 0.3 is 12.3 Å². The highest BCUT2D eigenvalue weighted by molar-refractivity contribution is 6.31. The summed E-state index contributed by atoms with van der Waals surface area (Å²) in [6, 6.07) is 9.46. The van der Waals surface area contributed by atoms with Crippen molar-refractivity contribution >= 4 is 45.7 Å². The molecule has 0 bridgehead atoms. The lowest BCUT2D eigenvalue weighted by atomic mass is 10.1. The highest BCUT2D eigenvalue weighted by atomic mass is 35.5. The molecule has 2 N–H and O–H groups in total. The standard InChI is InChI=1S/C27H31ClF3N5O2.C2H6/c1-26(2,3)38-25(37)36-11-9-35(10-12-36)23-8-6-19(14-21(23)27(29,30)31)34-24-17(15-32-4)16-33-22-7-5-18(28)13-20(22)24;1-2/h5-8,13-14,16,32H,9-12,15H2,1-4H3,(H,33,34);1-2H3. The van der Waals surface area contributed by atoms with Crippen LogP contribution in [0.4, 0.5) is 35.0 Å². The zero-order valence-corrected chi connectivity index (χ0v) is 24.5. The number of ether oxygens (including phenoxy) is 1. The molecule has 1 amide bonds. The number of fused-ring (bicyclic) bond motifs is 1. The lowest BCUT2D eigenvalue weighted by Crippen LogP contribution is -2.50. The predicted octanol–water partition coefficient (Wildman–Crippen LogP) is 7.45. The van der Waals surface area contributed by atoms with Crippen molar-refractivity contribution in [1.29, 1.82) is 0 Å². The molecule has 0 saturated carbocycles. The molecule has 11 heteroatoms. The Balaban J connectivity index is 0.00000216. The summed E-state index contributed by atoms with van der Waals surface area (Å²) in [5.41, 5.74) is 1.08. The quantitative estimate of drug-likeness (QED) is 0.327. The van der Waals surface area contributed by atoms with E-state index < -0.39 is 23.4 Å². The van der Waals surface area contributed by atoms with Gasteiger partial charge in [-0.05, 0) is 64.2 Å². The largest absolute Gasteiger partial charge is 0.444 e. The smallest absolute Gasteiger partial charge is 0.418 e. The van der Waals surface area contributed by atoms with Crippen molar-refractivity contribution in [3.8, 4) is 0 Å². The Kier molecular flexibility index (Phi) is 10.1. The van der Waals surface area contributed by atoms with Crippen LogP contribution >= 0.6 is 11.6 Å². The lowest BCUT2D eigenvalue weighted by Gasteiger charge is -2.37. The summed E-state index contributed by atoms with van der Waals surface area (Å²) in [5, 5.41) is 7.46. The number of carbonyl (C=O) groups excluding carboxylic acids is 1. The maximum Gasteiger partial charge on any atom is 0.418 e. The number of anilines is 3. The van der Waals surface area contributed by atoms with Crippen LogP contribution in [0.15, 0.2) is 42.6 Å². The van der Waals surface area contributed by atoms with E-state index in [-0.39, 0.29) is 31.9 Å². The Morgan fingerprint density at radius 3 is 2.33 bits per heavy atom. The number of nitrogens with one attached hydrogen (secondary N) is 2. The van der Waals surface area contributed by atoms with Crippen molar-refractivity contribution in [1.82, 2.24) is 15.2 Å². The van der Waals surface area contributed by atoms with Crippen molar-refractivity contribution in [2.75, 3.05) is 43.4 Å². The van der Waals surface area contributed by atoms with E-state index in [1.807, 2.05) is 13.8 Å². The van der Waals surface area contributed by atoms with Gasteiger partial charge in [-0.1, -0.05) is 25.4 Å². The second-order valence-electron chi connectivity index (χ2n) is 10.2. The number of rotatable bonds is 5. The molecule has 1 fully saturated rings. The topological polar surface area (TPSA) is 69.7 Å². The fraction of sp³-hybridized carbons (Fsp3) is 0.448. The number of hydrogen-bond acceptors (Lipinski definition) is 6. The molecule has 1 aromatic heterocycles. The van der Waals surface area contributed by atoms with Crippen molar-refractivity contribution in [2.45, 2.75) is 52.9 Å². The van der Waals surface area contributed by atoms with E-state index in [2.05, 4.69) is 15.6 Å². The second kappa shape index (κ2) is 13.0. The molecule has 0 unspecified atom stereocenters. The summed E-state index contributed by atoms with van der Waals surface area (Å²) in [6.07, 6.45) is -3.35. The third kappa shape index (κ3) is 7.69. The summed E-state index contributed by atoms with van der Waals surface area (Å²) < 4.78 is 48.1. The Morgan fingerprint density at radius 1 is 1.05 bits per heavy atom. The number of amides is 1. The molecule has 4 rings (SSSR count). The van der Waals surface area contributed by atoms with Crippen molar-refractivity contribution in [3.05, 3.63) is 58.7 Å². The first kappa shape index (κ1) is 31.3. The van der Waals surface area contributed by atoms with E-state index in [1.165, 1.54) is 11.0 Å². The Morgan fingerprint density at radius 2 is 1.73 bits per heavy atom. The van der Waals surface area contributed by atoms with Crippen LogP contribution in [0.2, 0.25) is 5.02 Å². The number of alkyl halides is 3. The molecule has 0 atom stereocenters. The zero-order valence-electron chi connectivity index (χ0n) is 23.7. The van der Waals surface area contributed by atoms with Gasteiger partial charge in [-0.3, -0.25) is 4.98 Å². The number of hydrogen-bond donors (Lipinski definition) is 2. The SMILES string of the molecule is CC.CNCc1cnc2ccc(Cl)cc2c1Nc1ccc(N2CCN(C(=O)OC(C)(C)C)CC2)c(C(F)(F)F)c1. The van der Waals surface area contributed by atoms with Crippen molar-refractivity contribution in [3.63, 3.8) is 0 Å². The summed E-state index contributed by atoms with van der Waals surface area (Å²) >= 11 is 6.22. The number of aromatic nitrogens is 1. The fourth-order valence-electron chi connectivity index (χ4n) is 4.40. The van der Waals surface area contributed by atoms with Gasteiger partial charge in [-0.15, -0.1) is 0 Å². The fourth-order valence-corrected chi connectivity index (χ4v) is 4.57. The molecule has 0 radical (unpaired) electrons. The summed E-state index contributed by atoms with van der Waals surface area (Å²) in [7, 11) is 1.78. The predicted molar refractivity (Wildman–Crippen MR) is 156 cm³/mol. The number of benzene rings is 2. The first-order valence-corrected chi connectivity index (χ1v) is 13.7. The normalized spacial score (nSPS) is 14.1. The maximum absolute atomic E-state index is 14.2. The van der Waals surface area contributed by atoms with Crippen LogP contribution in [-0.4, -0.2) is 54.8 Å². The number of nitrogens with zero attached hydrogens (tertiary/aromatic N) is 3. The molecule has 1 saturated heterocycles. The molecule has 218 valence electrons. The Labute approximate surface area is 238 Å². The van der Waals surface area contributed by atoms with E-state index in [4.69, 9.17) is 16.3 Å². The molecular formula is C29H37ClF3N5O2. The summed E-state index contributed by atoms with van der Waals surface area (Å²) in [6.45, 7) is 10.8. The van der Waals surface area contributed by atoms with E-state index in [1.54, 1.807) is 63.2 Å². The molecule has 40 heavy (non-hydrogen) atoms. The third-order valence-electron chi connectivity index (χ3n) is 6.12. The monoisotopic (exact) mass is 579 g/mol. The molecule has 1 aliphatic heterocycles. The maximum atomic E-state index is 14.2. The molecule has 0 aliphatic carbocycles. The minimum atomic E-state index is -4.58. The molecule has 1 aliphatic rings. The zero-order chi connectivity index (χ0) is 29.7. The van der Waals surface area contributed by atoms with Crippen LogP contribution in [-0.2, 0) is 17.5 Å². The minimum absolute atomic E-state index is 0.0740. The average molecular weight is 580 g/mol. The van der Waals surface area contributed by atoms with Crippen LogP contribution in [0.1, 0.15) is 45.7 Å². The van der Waals surface area contributed by atoms with Gasteiger partial charge in [0.15, 0.2) is 0 Å². The summed E-state index contributed by atoms with van der Waals surface area (Å²) in [4.78, 5) is 20.0. The lowest BCUT2D eigenvalue weighted by molar-refractivity contribution is -0.137. The number of piperazine rings is 1. The van der Waals surface area contributed by atoms with Crippen LogP contribution in [0.5, 0.6) is 0 Å². The Bertz CT molecular complexity index is 1320. The first-order valence-electron chi connectivity index (χ1n) is 13.3. The minimum Gasteiger partial charge on any atom is -0.444 e. The molecule has 0 spiro atoms. The molecule has 2 heterocycles. The molecule has 7 nitrogen and oxygen atoms in total. The highest BCUT2D eigenvalue weighted by Gasteiger charge is 2.36. The summed E-state index contributed by atoms with van der Waals surface area (Å²) in [5.74, 6) is 0. The highest BCUT2D eigenvalue weighted by Crippen LogP contribution is 2.40. The van der Waals surface area contributed by atoms with E-state index >= 15 is 0 Å². The van der Waals surface area contributed by atoms with Crippen LogP contribution in [0, 0.1) is 0 Å². The van der Waals surface area contributed by atoms with Gasteiger partial charge in [0.25, 0.3) is 0 Å². The van der Waals surface area contributed by atoms with Crippen molar-refractivity contribution in [2.24, 2.45) is 0 Å². The van der Waals surface area contributed by atoms with E-state index in [9.17, 15) is 18.0 Å². The van der Waals surface area contributed by atoms with Gasteiger partial charge < -0.3 is 25.2 Å². The van der Waals surface area contributed by atoms with Crippen LogP contribution in [0.3, 0.4) is 0 Å². The third-order valence-corrected chi connectivity index (χ3v) is 6.35. The van der Waals surface area contributed by atoms with Gasteiger partial charge in [-0.2, -0.15) is 13.2 Å². The van der Waals surface area contributed by atoms with Gasteiger partial charge in [0, 0.05) is 66.3 Å². The van der Waals surface area contributed by atoms with Crippen LogP contribution < -0.4 is 15.5 Å². The van der Waals surface area contributed by atoms with Gasteiger partial charge in [0.2, 0.25) is 0 Å². The van der Waals surface area contributed by atoms with E-state index in [0.717, 1.165) is 11.6 Å². The number of halogens is 4.